The molecule has 1 aromatic heterocycles. The van der Waals surface area contributed by atoms with Gasteiger partial charge in [0.25, 0.3) is 0 Å². The standard InChI is InChI=1S/C9H12F3N3/c1-5-7(10)8(13)14-15(5)4-6-2-9(11,12)3-6/h6H,2-4H2,1H3,(H2,13,14). The molecule has 15 heavy (non-hydrogen) atoms. The number of aromatic nitrogens is 2. The molecule has 0 unspecified atom stereocenters. The number of alkyl halides is 2. The van der Waals surface area contributed by atoms with Gasteiger partial charge in [-0.05, 0) is 12.8 Å². The molecule has 1 heterocycles. The average molecular weight is 219 g/mol. The van der Waals surface area contributed by atoms with Crippen molar-refractivity contribution in [1.29, 1.82) is 0 Å². The van der Waals surface area contributed by atoms with Crippen molar-refractivity contribution >= 4 is 5.82 Å². The third-order valence-electron chi connectivity index (χ3n) is 2.76. The van der Waals surface area contributed by atoms with Gasteiger partial charge in [-0.2, -0.15) is 5.10 Å². The molecule has 0 amide bonds. The molecule has 1 saturated carbocycles. The Morgan fingerprint density at radius 2 is 2.13 bits per heavy atom. The molecule has 0 aromatic carbocycles. The average Bonchev–Trinajstić information content (AvgIpc) is 2.31. The van der Waals surface area contributed by atoms with Crippen LogP contribution in [0.2, 0.25) is 0 Å². The SMILES string of the molecule is Cc1c(F)c(N)nn1CC1CC(F)(F)C1. The van der Waals surface area contributed by atoms with Gasteiger partial charge in [0.1, 0.15) is 0 Å². The molecule has 0 bridgehead atoms. The smallest absolute Gasteiger partial charge is 0.248 e. The number of hydrogen-bond donors (Lipinski definition) is 1. The minimum atomic E-state index is -2.55. The van der Waals surface area contributed by atoms with Crippen LogP contribution in [0.4, 0.5) is 19.0 Å². The van der Waals surface area contributed by atoms with E-state index in [2.05, 4.69) is 5.10 Å². The zero-order valence-electron chi connectivity index (χ0n) is 8.30. The summed E-state index contributed by atoms with van der Waals surface area (Å²) in [5.74, 6) is -3.40. The van der Waals surface area contributed by atoms with E-state index in [0.717, 1.165) is 0 Å². The van der Waals surface area contributed by atoms with E-state index in [1.807, 2.05) is 0 Å². The maximum Gasteiger partial charge on any atom is 0.248 e. The van der Waals surface area contributed by atoms with Gasteiger partial charge in [-0.15, -0.1) is 0 Å². The Hall–Kier alpha value is -1.20. The van der Waals surface area contributed by atoms with E-state index < -0.39 is 11.7 Å². The fraction of sp³-hybridized carbons (Fsp3) is 0.667. The molecule has 3 nitrogen and oxygen atoms in total. The molecule has 6 heteroatoms. The lowest BCUT2D eigenvalue weighted by molar-refractivity contribution is -0.114. The van der Waals surface area contributed by atoms with Gasteiger partial charge < -0.3 is 5.73 Å². The Bertz CT molecular complexity index is 378. The van der Waals surface area contributed by atoms with Gasteiger partial charge in [0, 0.05) is 19.4 Å². The first-order chi connectivity index (χ1) is 6.89. The predicted octanol–water partition coefficient (Wildman–Crippen LogP) is 1.96. The van der Waals surface area contributed by atoms with Crippen molar-refractivity contribution < 1.29 is 13.2 Å². The van der Waals surface area contributed by atoms with Crippen molar-refractivity contribution in [3.8, 4) is 0 Å². The maximum atomic E-state index is 13.1. The topological polar surface area (TPSA) is 43.8 Å². The van der Waals surface area contributed by atoms with Crippen molar-refractivity contribution in [2.24, 2.45) is 5.92 Å². The number of rotatable bonds is 2. The molecule has 1 aromatic rings. The molecular weight excluding hydrogens is 207 g/mol. The highest BCUT2D eigenvalue weighted by molar-refractivity contribution is 5.31. The van der Waals surface area contributed by atoms with Gasteiger partial charge in [-0.3, -0.25) is 4.68 Å². The molecule has 0 aliphatic heterocycles. The van der Waals surface area contributed by atoms with Crippen molar-refractivity contribution in [3.05, 3.63) is 11.5 Å². The summed E-state index contributed by atoms with van der Waals surface area (Å²) in [6.07, 6.45) is -0.290. The van der Waals surface area contributed by atoms with Gasteiger partial charge in [0.15, 0.2) is 11.6 Å². The monoisotopic (exact) mass is 219 g/mol. The van der Waals surface area contributed by atoms with Gasteiger partial charge in [-0.1, -0.05) is 0 Å². The zero-order chi connectivity index (χ0) is 11.2. The van der Waals surface area contributed by atoms with E-state index in [-0.39, 0.29) is 24.6 Å². The summed E-state index contributed by atoms with van der Waals surface area (Å²) in [6, 6.07) is 0. The van der Waals surface area contributed by atoms with Crippen LogP contribution < -0.4 is 5.73 Å². The number of nitrogens with two attached hydrogens (primary N) is 1. The summed E-state index contributed by atoms with van der Waals surface area (Å²) < 4.78 is 39.6. The van der Waals surface area contributed by atoms with Crippen LogP contribution in [0.25, 0.3) is 0 Å². The van der Waals surface area contributed by atoms with Gasteiger partial charge in [-0.25, -0.2) is 13.2 Å². The first-order valence-corrected chi connectivity index (χ1v) is 4.75. The Morgan fingerprint density at radius 3 is 2.53 bits per heavy atom. The predicted molar refractivity (Wildman–Crippen MR) is 49.0 cm³/mol. The van der Waals surface area contributed by atoms with E-state index in [0.29, 0.717) is 12.2 Å². The molecular formula is C9H12F3N3. The lowest BCUT2D eigenvalue weighted by atomic mass is 9.81. The fourth-order valence-electron chi connectivity index (χ4n) is 1.88. The highest BCUT2D eigenvalue weighted by atomic mass is 19.3. The Kier molecular flexibility index (Phi) is 2.17. The Morgan fingerprint density at radius 1 is 1.53 bits per heavy atom. The van der Waals surface area contributed by atoms with Crippen molar-refractivity contribution in [3.63, 3.8) is 0 Å². The Balaban J connectivity index is 2.03. The van der Waals surface area contributed by atoms with Crippen molar-refractivity contribution in [2.75, 3.05) is 5.73 Å². The molecule has 0 spiro atoms. The van der Waals surface area contributed by atoms with Crippen molar-refractivity contribution in [2.45, 2.75) is 32.2 Å². The summed E-state index contributed by atoms with van der Waals surface area (Å²) in [7, 11) is 0. The fourth-order valence-corrected chi connectivity index (χ4v) is 1.88. The van der Waals surface area contributed by atoms with E-state index >= 15 is 0 Å². The lowest BCUT2D eigenvalue weighted by Crippen LogP contribution is -2.38. The number of halogens is 3. The second-order valence-electron chi connectivity index (χ2n) is 4.10. The minimum absolute atomic E-state index is 0.127. The molecule has 1 fully saturated rings. The van der Waals surface area contributed by atoms with Crippen molar-refractivity contribution in [1.82, 2.24) is 9.78 Å². The Labute approximate surface area is 85.1 Å². The molecule has 84 valence electrons. The summed E-state index contributed by atoms with van der Waals surface area (Å²) >= 11 is 0. The molecule has 0 radical (unpaired) electrons. The maximum absolute atomic E-state index is 13.1. The quantitative estimate of drug-likeness (QED) is 0.826. The van der Waals surface area contributed by atoms with Crippen LogP contribution in [0.15, 0.2) is 0 Å². The van der Waals surface area contributed by atoms with Crippen LogP contribution in [-0.2, 0) is 6.54 Å². The number of hydrogen-bond acceptors (Lipinski definition) is 2. The van der Waals surface area contributed by atoms with E-state index in [1.54, 1.807) is 0 Å². The first-order valence-electron chi connectivity index (χ1n) is 4.75. The van der Waals surface area contributed by atoms with E-state index in [9.17, 15) is 13.2 Å². The van der Waals surface area contributed by atoms with Crippen LogP contribution in [-0.4, -0.2) is 15.7 Å². The van der Waals surface area contributed by atoms with E-state index in [1.165, 1.54) is 11.6 Å². The summed E-state index contributed by atoms with van der Waals surface area (Å²) in [5.41, 5.74) is 5.58. The largest absolute Gasteiger partial charge is 0.380 e. The third kappa shape index (κ3) is 1.80. The number of anilines is 1. The van der Waals surface area contributed by atoms with Crippen LogP contribution in [0, 0.1) is 18.7 Å². The van der Waals surface area contributed by atoms with E-state index in [4.69, 9.17) is 5.73 Å². The molecule has 2 rings (SSSR count). The van der Waals surface area contributed by atoms with Gasteiger partial charge in [0.2, 0.25) is 5.92 Å². The number of nitrogen functional groups attached to an aromatic ring is 1. The molecule has 0 atom stereocenters. The molecule has 0 saturated heterocycles. The summed E-state index contributed by atoms with van der Waals surface area (Å²) in [4.78, 5) is 0. The number of nitrogens with zero attached hydrogens (tertiary/aromatic N) is 2. The molecule has 2 N–H and O–H groups in total. The third-order valence-corrected chi connectivity index (χ3v) is 2.76. The molecule has 1 aliphatic rings. The van der Waals surface area contributed by atoms with Gasteiger partial charge in [0.05, 0.1) is 5.69 Å². The lowest BCUT2D eigenvalue weighted by Gasteiger charge is -2.34. The second-order valence-corrected chi connectivity index (χ2v) is 4.10. The van der Waals surface area contributed by atoms with Gasteiger partial charge >= 0.3 is 0 Å². The second kappa shape index (κ2) is 3.15. The first kappa shape index (κ1) is 10.3. The normalized spacial score (nSPS) is 20.3. The highest BCUT2D eigenvalue weighted by Crippen LogP contribution is 2.43. The molecule has 1 aliphatic carbocycles. The van der Waals surface area contributed by atoms with Crippen LogP contribution in [0.5, 0.6) is 0 Å². The summed E-state index contributed by atoms with van der Waals surface area (Å²) in [5, 5.41) is 3.75. The van der Waals surface area contributed by atoms with Crippen LogP contribution in [0.1, 0.15) is 18.5 Å². The summed E-state index contributed by atoms with van der Waals surface area (Å²) in [6.45, 7) is 1.85. The van der Waals surface area contributed by atoms with Crippen LogP contribution >= 0.6 is 0 Å². The highest BCUT2D eigenvalue weighted by Gasteiger charge is 2.45. The zero-order valence-corrected chi connectivity index (χ0v) is 8.30. The van der Waals surface area contributed by atoms with Crippen LogP contribution in [0.3, 0.4) is 0 Å². The minimum Gasteiger partial charge on any atom is -0.380 e.